The molecule has 0 bridgehead atoms. The zero-order valence-electron chi connectivity index (χ0n) is 21.5. The average Bonchev–Trinajstić information content (AvgIpc) is 3.02. The van der Waals surface area contributed by atoms with Crippen molar-refractivity contribution in [3.8, 4) is 0 Å². The first-order valence-corrected chi connectivity index (χ1v) is 13.0. The highest BCUT2D eigenvalue weighted by molar-refractivity contribution is 5.86. The van der Waals surface area contributed by atoms with Gasteiger partial charge in [0, 0.05) is 17.8 Å². The van der Waals surface area contributed by atoms with Crippen molar-refractivity contribution in [2.24, 2.45) is 45.3 Å². The fraction of sp³-hybridized carbons (Fsp3) is 0.733. The molecule has 0 spiro atoms. The molecule has 2 fully saturated rings. The lowest BCUT2D eigenvalue weighted by molar-refractivity contribution is -0.138. The van der Waals surface area contributed by atoms with Crippen LogP contribution in [0.25, 0.3) is 0 Å². The van der Waals surface area contributed by atoms with Crippen molar-refractivity contribution in [3.05, 3.63) is 35.5 Å². The quantitative estimate of drug-likeness (QED) is 0.330. The zero-order valence-corrected chi connectivity index (χ0v) is 21.5. The predicted molar refractivity (Wildman–Crippen MR) is 132 cm³/mol. The number of carbonyl (C=O) groups is 2. The van der Waals surface area contributed by atoms with Crippen LogP contribution >= 0.6 is 0 Å². The van der Waals surface area contributed by atoms with Crippen molar-refractivity contribution in [2.45, 2.75) is 93.4 Å². The number of Topliss-reactive ketones (excluding diaryl/α,β-unsaturated/α-hetero) is 1. The van der Waals surface area contributed by atoms with E-state index < -0.39 is 0 Å². The van der Waals surface area contributed by atoms with Crippen LogP contribution in [0.4, 0.5) is 0 Å². The summed E-state index contributed by atoms with van der Waals surface area (Å²) in [5.41, 5.74) is 3.60. The molecule has 176 valence electrons. The van der Waals surface area contributed by atoms with E-state index in [2.05, 4.69) is 65.8 Å². The predicted octanol–water partition coefficient (Wildman–Crippen LogP) is 7.50. The SMILES string of the molecule is CC(C=O)/C=C/CC(C)C1CCC2(C)C3=CCC4C(C)(C)C(=O)CCC4(C)C3=CCC12C. The van der Waals surface area contributed by atoms with E-state index in [-0.39, 0.29) is 27.6 Å². The molecule has 0 amide bonds. The second-order valence-corrected chi connectivity index (χ2v) is 12.8. The third-order valence-electron chi connectivity index (χ3n) is 10.9. The van der Waals surface area contributed by atoms with Gasteiger partial charge >= 0.3 is 0 Å². The van der Waals surface area contributed by atoms with E-state index in [4.69, 9.17) is 0 Å². The van der Waals surface area contributed by atoms with Gasteiger partial charge in [-0.3, -0.25) is 4.79 Å². The number of ketones is 1. The molecular weight excluding hydrogens is 392 g/mol. The number of aldehydes is 1. The van der Waals surface area contributed by atoms with Crippen molar-refractivity contribution in [1.82, 2.24) is 0 Å². The molecule has 32 heavy (non-hydrogen) atoms. The smallest absolute Gasteiger partial charge is 0.138 e. The summed E-state index contributed by atoms with van der Waals surface area (Å²) in [5, 5.41) is 0. The van der Waals surface area contributed by atoms with Crippen LogP contribution in [0.5, 0.6) is 0 Å². The highest BCUT2D eigenvalue weighted by Gasteiger charge is 2.62. The van der Waals surface area contributed by atoms with Crippen LogP contribution in [-0.4, -0.2) is 12.1 Å². The summed E-state index contributed by atoms with van der Waals surface area (Å²) < 4.78 is 0. The summed E-state index contributed by atoms with van der Waals surface area (Å²) in [6, 6.07) is 0. The Morgan fingerprint density at radius 2 is 1.78 bits per heavy atom. The van der Waals surface area contributed by atoms with Gasteiger partial charge in [0.1, 0.15) is 12.1 Å². The zero-order chi connectivity index (χ0) is 23.5. The van der Waals surface area contributed by atoms with Gasteiger partial charge in [-0.1, -0.05) is 72.8 Å². The highest BCUT2D eigenvalue weighted by atomic mass is 16.1. The van der Waals surface area contributed by atoms with Gasteiger partial charge in [0.2, 0.25) is 0 Å². The topological polar surface area (TPSA) is 34.1 Å². The first kappa shape index (κ1) is 23.7. The summed E-state index contributed by atoms with van der Waals surface area (Å²) in [6.07, 6.45) is 18.0. The van der Waals surface area contributed by atoms with E-state index in [1.54, 1.807) is 11.1 Å². The average molecular weight is 437 g/mol. The standard InChI is InChI=1S/C30H44O2/c1-20(19-31)9-8-10-21(2)22-13-17-30(7)24-11-12-25-27(3,4)26(32)15-16-28(25,5)23(24)14-18-29(22,30)6/h8-9,11,14,19-22,25H,10,12-13,15-18H2,1-7H3/b9-8+. The van der Waals surface area contributed by atoms with Crippen LogP contribution in [0.3, 0.4) is 0 Å². The van der Waals surface area contributed by atoms with Crippen molar-refractivity contribution < 1.29 is 9.59 Å². The molecule has 0 saturated heterocycles. The number of allylic oxidation sites excluding steroid dienone is 6. The fourth-order valence-corrected chi connectivity index (χ4v) is 8.48. The number of rotatable bonds is 5. The normalized spacial score (nSPS) is 42.4. The van der Waals surface area contributed by atoms with Crippen LogP contribution in [-0.2, 0) is 9.59 Å². The Bertz CT molecular complexity index is 889. The molecule has 7 atom stereocenters. The maximum absolute atomic E-state index is 12.8. The molecule has 7 unspecified atom stereocenters. The second-order valence-electron chi connectivity index (χ2n) is 12.8. The van der Waals surface area contributed by atoms with Gasteiger partial charge < -0.3 is 4.79 Å². The Morgan fingerprint density at radius 1 is 1.06 bits per heavy atom. The molecule has 2 saturated carbocycles. The first-order valence-electron chi connectivity index (χ1n) is 13.0. The minimum absolute atomic E-state index is 0.0134. The van der Waals surface area contributed by atoms with E-state index in [1.807, 2.05) is 6.92 Å². The number of hydrogen-bond donors (Lipinski definition) is 0. The molecule has 0 radical (unpaired) electrons. The third-order valence-corrected chi connectivity index (χ3v) is 10.9. The molecule has 2 heteroatoms. The maximum Gasteiger partial charge on any atom is 0.138 e. The molecule has 0 heterocycles. The summed E-state index contributed by atoms with van der Waals surface area (Å²) >= 11 is 0. The third kappa shape index (κ3) is 3.18. The van der Waals surface area contributed by atoms with Crippen LogP contribution in [0, 0.1) is 45.3 Å². The van der Waals surface area contributed by atoms with Gasteiger partial charge in [-0.2, -0.15) is 0 Å². The van der Waals surface area contributed by atoms with Crippen LogP contribution in [0.1, 0.15) is 93.4 Å². The summed E-state index contributed by atoms with van der Waals surface area (Å²) in [7, 11) is 0. The van der Waals surface area contributed by atoms with Gasteiger partial charge in [0.15, 0.2) is 0 Å². The summed E-state index contributed by atoms with van der Waals surface area (Å²) in [4.78, 5) is 23.7. The summed E-state index contributed by atoms with van der Waals surface area (Å²) in [5.74, 6) is 2.19. The minimum Gasteiger partial charge on any atom is -0.303 e. The van der Waals surface area contributed by atoms with Gasteiger partial charge in [-0.15, -0.1) is 0 Å². The van der Waals surface area contributed by atoms with E-state index in [9.17, 15) is 9.59 Å². The second kappa shape index (κ2) is 7.81. The lowest BCUT2D eigenvalue weighted by Gasteiger charge is -2.59. The Hall–Kier alpha value is -1.44. The molecule has 4 aliphatic rings. The molecule has 4 rings (SSSR count). The van der Waals surface area contributed by atoms with Crippen molar-refractivity contribution in [3.63, 3.8) is 0 Å². The molecule has 0 aliphatic heterocycles. The Balaban J connectivity index is 1.65. The Labute approximate surface area is 196 Å². The lowest BCUT2D eigenvalue weighted by atomic mass is 9.44. The molecular formula is C30H44O2. The van der Waals surface area contributed by atoms with Gasteiger partial charge in [-0.05, 0) is 83.7 Å². The molecule has 0 aromatic rings. The Kier molecular flexibility index (Phi) is 5.79. The van der Waals surface area contributed by atoms with E-state index in [0.29, 0.717) is 23.5 Å². The molecule has 0 N–H and O–H groups in total. The Morgan fingerprint density at radius 3 is 2.47 bits per heavy atom. The molecule has 4 aliphatic carbocycles. The molecule has 0 aromatic carbocycles. The van der Waals surface area contributed by atoms with E-state index in [0.717, 1.165) is 38.4 Å². The maximum atomic E-state index is 12.8. The minimum atomic E-state index is -0.227. The van der Waals surface area contributed by atoms with E-state index in [1.165, 1.54) is 12.8 Å². The molecule has 2 nitrogen and oxygen atoms in total. The van der Waals surface area contributed by atoms with Crippen molar-refractivity contribution in [1.29, 1.82) is 0 Å². The van der Waals surface area contributed by atoms with Crippen LogP contribution in [0.2, 0.25) is 0 Å². The first-order chi connectivity index (χ1) is 14.9. The van der Waals surface area contributed by atoms with Crippen LogP contribution < -0.4 is 0 Å². The fourth-order valence-electron chi connectivity index (χ4n) is 8.48. The lowest BCUT2D eigenvalue weighted by Crippen LogP contribution is -2.53. The molecule has 0 aromatic heterocycles. The number of hydrogen-bond acceptors (Lipinski definition) is 2. The van der Waals surface area contributed by atoms with Gasteiger partial charge in [0.25, 0.3) is 0 Å². The summed E-state index contributed by atoms with van der Waals surface area (Å²) in [6.45, 7) is 16.3. The number of carbonyl (C=O) groups excluding carboxylic acids is 2. The number of fused-ring (bicyclic) bond motifs is 5. The van der Waals surface area contributed by atoms with E-state index >= 15 is 0 Å². The van der Waals surface area contributed by atoms with Crippen molar-refractivity contribution in [2.75, 3.05) is 0 Å². The monoisotopic (exact) mass is 436 g/mol. The van der Waals surface area contributed by atoms with Gasteiger partial charge in [0.05, 0.1) is 0 Å². The largest absolute Gasteiger partial charge is 0.303 e. The highest BCUT2D eigenvalue weighted by Crippen LogP contribution is 2.71. The van der Waals surface area contributed by atoms with Crippen molar-refractivity contribution >= 4 is 12.1 Å². The van der Waals surface area contributed by atoms with Crippen LogP contribution in [0.15, 0.2) is 35.5 Å². The van der Waals surface area contributed by atoms with Gasteiger partial charge in [-0.25, -0.2) is 0 Å².